The van der Waals surface area contributed by atoms with Gasteiger partial charge >= 0.3 is 0 Å². The number of nitrogens with zero attached hydrogens (tertiary/aromatic N) is 3. The Bertz CT molecular complexity index is 630. The van der Waals surface area contributed by atoms with Gasteiger partial charge in [0.05, 0.1) is 24.0 Å². The molecule has 0 unspecified atom stereocenters. The number of hydrogen-bond acceptors (Lipinski definition) is 4. The first-order chi connectivity index (χ1) is 10.1. The number of hydrogen-bond donors (Lipinski definition) is 1. The number of rotatable bonds is 5. The highest BCUT2D eigenvalue weighted by Gasteiger charge is 2.14. The van der Waals surface area contributed by atoms with Gasteiger partial charge in [-0.25, -0.2) is 5.43 Å². The van der Waals surface area contributed by atoms with E-state index in [1.54, 1.807) is 7.05 Å². The van der Waals surface area contributed by atoms with Gasteiger partial charge in [-0.3, -0.25) is 9.48 Å². The van der Waals surface area contributed by atoms with Crippen LogP contribution in [0.2, 0.25) is 5.02 Å². The Morgan fingerprint density at radius 3 is 2.76 bits per heavy atom. The van der Waals surface area contributed by atoms with Crippen LogP contribution in [0, 0.1) is 0 Å². The van der Waals surface area contributed by atoms with Gasteiger partial charge in [0.25, 0.3) is 5.91 Å². The number of benzene rings is 1. The normalized spacial score (nSPS) is 10.8. The van der Waals surface area contributed by atoms with Gasteiger partial charge < -0.3 is 4.74 Å². The molecule has 110 valence electrons. The Morgan fingerprint density at radius 2 is 2.19 bits per heavy atom. The first kappa shape index (κ1) is 15.1. The van der Waals surface area contributed by atoms with Crippen molar-refractivity contribution in [3.63, 3.8) is 0 Å². The number of carbonyl (C=O) groups excluding carboxylic acids is 1. The lowest BCUT2D eigenvalue weighted by atomic mass is 10.2. The van der Waals surface area contributed by atoms with Gasteiger partial charge in [0.1, 0.15) is 11.4 Å². The first-order valence-electron chi connectivity index (χ1n) is 6.35. The number of amides is 1. The number of hydrazone groups is 1. The highest BCUT2D eigenvalue weighted by Crippen LogP contribution is 2.13. The van der Waals surface area contributed by atoms with Gasteiger partial charge in [0.2, 0.25) is 0 Å². The molecule has 0 aliphatic rings. The van der Waals surface area contributed by atoms with Gasteiger partial charge in [-0.15, -0.1) is 0 Å². The third kappa shape index (κ3) is 3.82. The van der Waals surface area contributed by atoms with Crippen LogP contribution in [0.5, 0.6) is 5.75 Å². The first-order valence-corrected chi connectivity index (χ1v) is 6.73. The molecule has 0 saturated heterocycles. The molecule has 0 atom stereocenters. The highest BCUT2D eigenvalue weighted by atomic mass is 35.5. The summed E-state index contributed by atoms with van der Waals surface area (Å²) in [6, 6.07) is 7.37. The van der Waals surface area contributed by atoms with E-state index in [-0.39, 0.29) is 10.7 Å². The number of ether oxygens (including phenoxy) is 1. The molecule has 1 N–H and O–H groups in total. The average molecular weight is 307 g/mol. The molecule has 0 bridgehead atoms. The van der Waals surface area contributed by atoms with E-state index in [0.717, 1.165) is 11.3 Å². The second-order valence-electron chi connectivity index (χ2n) is 4.17. The topological polar surface area (TPSA) is 68.5 Å². The van der Waals surface area contributed by atoms with Crippen molar-refractivity contribution in [1.82, 2.24) is 15.2 Å². The summed E-state index contributed by atoms with van der Waals surface area (Å²) in [6.07, 6.45) is 2.95. The van der Waals surface area contributed by atoms with Crippen LogP contribution in [0.25, 0.3) is 0 Å². The largest absolute Gasteiger partial charge is 0.494 e. The fraction of sp³-hybridized carbons (Fsp3) is 0.214. The molecular formula is C14H15ClN4O2. The van der Waals surface area contributed by atoms with Gasteiger partial charge in [-0.1, -0.05) is 11.6 Å². The number of nitrogens with one attached hydrogen (secondary N) is 1. The van der Waals surface area contributed by atoms with E-state index in [1.807, 2.05) is 31.2 Å². The number of aryl methyl sites for hydroxylation is 1. The minimum Gasteiger partial charge on any atom is -0.494 e. The zero-order valence-corrected chi connectivity index (χ0v) is 12.5. The fourth-order valence-electron chi connectivity index (χ4n) is 1.70. The molecule has 2 rings (SSSR count). The molecule has 0 aliphatic carbocycles. The summed E-state index contributed by atoms with van der Waals surface area (Å²) < 4.78 is 6.73. The van der Waals surface area contributed by atoms with Crippen LogP contribution in [-0.4, -0.2) is 28.5 Å². The van der Waals surface area contributed by atoms with Crippen molar-refractivity contribution in [2.75, 3.05) is 6.61 Å². The Morgan fingerprint density at radius 1 is 1.48 bits per heavy atom. The van der Waals surface area contributed by atoms with E-state index in [0.29, 0.717) is 6.61 Å². The second kappa shape index (κ2) is 6.90. The Hall–Kier alpha value is -2.34. The Kier molecular flexibility index (Phi) is 4.94. The lowest BCUT2D eigenvalue weighted by molar-refractivity contribution is 0.0946. The third-order valence-corrected chi connectivity index (χ3v) is 2.96. The van der Waals surface area contributed by atoms with Crippen LogP contribution in [0.3, 0.4) is 0 Å². The fourth-order valence-corrected chi connectivity index (χ4v) is 1.95. The molecule has 1 aromatic heterocycles. The van der Waals surface area contributed by atoms with Crippen LogP contribution in [0.4, 0.5) is 0 Å². The quantitative estimate of drug-likeness (QED) is 0.680. The van der Waals surface area contributed by atoms with Crippen molar-refractivity contribution in [1.29, 1.82) is 0 Å². The Labute approximate surface area is 127 Å². The van der Waals surface area contributed by atoms with E-state index in [1.165, 1.54) is 17.1 Å². The van der Waals surface area contributed by atoms with Crippen LogP contribution in [0.15, 0.2) is 35.6 Å². The smallest absolute Gasteiger partial charge is 0.291 e. The minimum absolute atomic E-state index is 0.264. The monoisotopic (exact) mass is 306 g/mol. The van der Waals surface area contributed by atoms with Gasteiger partial charge in [0, 0.05) is 7.05 Å². The summed E-state index contributed by atoms with van der Waals surface area (Å²) in [5.74, 6) is 0.377. The number of aromatic nitrogens is 2. The van der Waals surface area contributed by atoms with Crippen LogP contribution >= 0.6 is 11.6 Å². The maximum absolute atomic E-state index is 11.9. The third-order valence-electron chi connectivity index (χ3n) is 2.68. The van der Waals surface area contributed by atoms with Gasteiger partial charge in [-0.2, -0.15) is 10.2 Å². The van der Waals surface area contributed by atoms with E-state index < -0.39 is 5.91 Å². The van der Waals surface area contributed by atoms with Gasteiger partial charge in [0.15, 0.2) is 0 Å². The SMILES string of the molecule is CCOc1ccc(/C=N\NC(=O)c2c(Cl)cnn2C)cc1. The van der Waals surface area contributed by atoms with Crippen molar-refractivity contribution in [2.24, 2.45) is 12.1 Å². The van der Waals surface area contributed by atoms with Crippen LogP contribution in [-0.2, 0) is 7.05 Å². The lowest BCUT2D eigenvalue weighted by Gasteiger charge is -2.02. The predicted octanol–water partition coefficient (Wildman–Crippen LogP) is 2.24. The standard InChI is InChI=1S/C14H15ClN4O2/c1-3-21-11-6-4-10(5-7-11)8-16-18-14(20)13-12(15)9-17-19(13)2/h4-9H,3H2,1-2H3,(H,18,20)/b16-8-. The Balaban J connectivity index is 1.97. The molecule has 0 spiro atoms. The predicted molar refractivity (Wildman–Crippen MR) is 80.9 cm³/mol. The summed E-state index contributed by atoms with van der Waals surface area (Å²) in [7, 11) is 1.64. The van der Waals surface area contributed by atoms with Crippen molar-refractivity contribution in [3.05, 3.63) is 46.7 Å². The molecule has 0 radical (unpaired) electrons. The van der Waals surface area contributed by atoms with Crippen LogP contribution in [0.1, 0.15) is 23.0 Å². The van der Waals surface area contributed by atoms with E-state index in [4.69, 9.17) is 16.3 Å². The molecule has 6 nitrogen and oxygen atoms in total. The molecule has 1 amide bonds. The second-order valence-corrected chi connectivity index (χ2v) is 4.57. The molecule has 21 heavy (non-hydrogen) atoms. The minimum atomic E-state index is -0.415. The maximum Gasteiger partial charge on any atom is 0.291 e. The summed E-state index contributed by atoms with van der Waals surface area (Å²) >= 11 is 5.87. The summed E-state index contributed by atoms with van der Waals surface area (Å²) in [6.45, 7) is 2.55. The average Bonchev–Trinajstić information content (AvgIpc) is 2.80. The molecule has 1 aromatic carbocycles. The molecule has 1 heterocycles. The summed E-state index contributed by atoms with van der Waals surface area (Å²) in [4.78, 5) is 11.9. The molecule has 2 aromatic rings. The summed E-state index contributed by atoms with van der Waals surface area (Å²) in [5.41, 5.74) is 3.52. The van der Waals surface area contributed by atoms with Crippen molar-refractivity contribution >= 4 is 23.7 Å². The molecule has 7 heteroatoms. The van der Waals surface area contributed by atoms with Crippen molar-refractivity contribution < 1.29 is 9.53 Å². The zero-order valence-electron chi connectivity index (χ0n) is 11.7. The van der Waals surface area contributed by atoms with Crippen molar-refractivity contribution in [3.8, 4) is 5.75 Å². The molecular weight excluding hydrogens is 292 g/mol. The zero-order chi connectivity index (χ0) is 15.2. The van der Waals surface area contributed by atoms with E-state index in [9.17, 15) is 4.79 Å². The van der Waals surface area contributed by atoms with Crippen molar-refractivity contribution in [2.45, 2.75) is 6.92 Å². The molecule has 0 fully saturated rings. The van der Waals surface area contributed by atoms with Gasteiger partial charge in [-0.05, 0) is 36.8 Å². The molecule has 0 saturated carbocycles. The lowest BCUT2D eigenvalue weighted by Crippen LogP contribution is -2.21. The van der Waals surface area contributed by atoms with E-state index in [2.05, 4.69) is 15.6 Å². The van der Waals surface area contributed by atoms with E-state index >= 15 is 0 Å². The molecule has 0 aliphatic heterocycles. The van der Waals surface area contributed by atoms with Crippen LogP contribution < -0.4 is 10.2 Å². The number of carbonyl (C=O) groups is 1. The summed E-state index contributed by atoms with van der Waals surface area (Å²) in [5, 5.41) is 8.06. The number of halogens is 1. The maximum atomic E-state index is 11.9. The highest BCUT2D eigenvalue weighted by molar-refractivity contribution is 6.33.